The number of hydrogen-bond donors (Lipinski definition) is 10. The van der Waals surface area contributed by atoms with Crippen molar-refractivity contribution in [3.05, 3.63) is 91.5 Å². The number of nitrogens with zero attached hydrogens (tertiary/aromatic N) is 6. The van der Waals surface area contributed by atoms with Crippen LogP contribution in [0.1, 0.15) is 119 Å². The van der Waals surface area contributed by atoms with Gasteiger partial charge in [-0.25, -0.2) is 33.4 Å². The number of benzene rings is 2. The average Bonchev–Trinajstić information content (AvgIpc) is 4.07. The maximum absolute atomic E-state index is 12.7. The van der Waals surface area contributed by atoms with Gasteiger partial charge in [0.2, 0.25) is 11.8 Å². The Morgan fingerprint density at radius 1 is 0.765 bits per heavy atom. The van der Waals surface area contributed by atoms with E-state index in [1.807, 2.05) is 0 Å². The number of aromatic nitrogens is 4. The molecular formula is C45H64N11O22P3. The molecule has 36 heteroatoms. The molecule has 446 valence electrons. The summed E-state index contributed by atoms with van der Waals surface area (Å²) in [6, 6.07) is 8.97. The number of carbonyl (C=O) groups is 4. The maximum Gasteiger partial charge on any atom is 0.490 e. The van der Waals surface area contributed by atoms with Gasteiger partial charge in [0.25, 0.3) is 11.4 Å². The standard InChI is InChI=1S/C45H64N11O22P3/c1-28(74-30(3)57)33-19-31(12-14-35(33)55(62)63)22-46-16-8-6-7-11-39(59)49-23-32-13-15-36(56(64)65)34(20-32)29(2)75-45(61)48-18-10-5-4-9-17-47-40(60)24-50-43-42-44(52-26-51-43)54(27-53-42)41-21-37(58)38(76-41)25-73-80(69,70)78-81(71,72)77-79(66,67)68/h12-15,19-20,26-29,37-38,41,46,58H,4-11,16-18,21-25H2,1-3H3,(H,47,60)(H,48,61)(H,49,59)(H,69,70)(H,71,72)(H,50,51,52)(H2,66,67,68). The number of ether oxygens (including phenoxy) is 3. The van der Waals surface area contributed by atoms with Gasteiger partial charge in [-0.05, 0) is 69.3 Å². The molecule has 2 aromatic heterocycles. The molecule has 0 bridgehead atoms. The number of nitro benzene ring substituents is 2. The topological polar surface area (TPSA) is 466 Å². The van der Waals surface area contributed by atoms with Gasteiger partial charge in [-0.3, -0.25) is 43.7 Å². The molecule has 1 aliphatic heterocycles. The van der Waals surface area contributed by atoms with Crippen molar-refractivity contribution in [3.8, 4) is 0 Å². The van der Waals surface area contributed by atoms with E-state index in [2.05, 4.69) is 54.7 Å². The van der Waals surface area contributed by atoms with Crippen molar-refractivity contribution in [1.82, 2.24) is 40.8 Å². The molecule has 0 saturated carbocycles. The van der Waals surface area contributed by atoms with Gasteiger partial charge in [0.05, 0.1) is 46.6 Å². The second kappa shape index (κ2) is 30.6. The van der Waals surface area contributed by atoms with Crippen LogP contribution in [0.3, 0.4) is 0 Å². The van der Waals surface area contributed by atoms with E-state index < -0.39 is 82.6 Å². The van der Waals surface area contributed by atoms with Crippen molar-refractivity contribution >= 4 is 75.7 Å². The number of fused-ring (bicyclic) bond motifs is 1. The quantitative estimate of drug-likeness (QED) is 0.00987. The first-order valence-corrected chi connectivity index (χ1v) is 29.7. The molecule has 33 nitrogen and oxygen atoms in total. The van der Waals surface area contributed by atoms with Crippen molar-refractivity contribution in [1.29, 1.82) is 0 Å². The normalized spacial score (nSPS) is 17.5. The van der Waals surface area contributed by atoms with Crippen LogP contribution in [0.15, 0.2) is 49.1 Å². The summed E-state index contributed by atoms with van der Waals surface area (Å²) in [5.41, 5.74) is 1.83. The second-order valence-electron chi connectivity index (χ2n) is 18.3. The summed E-state index contributed by atoms with van der Waals surface area (Å²) in [7, 11) is -16.8. The summed E-state index contributed by atoms with van der Waals surface area (Å²) >= 11 is 0. The number of rotatable bonds is 34. The lowest BCUT2D eigenvalue weighted by Crippen LogP contribution is -2.30. The predicted molar refractivity (Wildman–Crippen MR) is 281 cm³/mol. The maximum atomic E-state index is 12.7. The third-order valence-corrected chi connectivity index (χ3v) is 15.8. The van der Waals surface area contributed by atoms with Crippen LogP contribution in [0, 0.1) is 20.2 Å². The molecule has 1 aliphatic rings. The summed E-state index contributed by atoms with van der Waals surface area (Å²) in [6.45, 7) is 4.96. The highest BCUT2D eigenvalue weighted by molar-refractivity contribution is 7.66. The van der Waals surface area contributed by atoms with Crippen LogP contribution in [0.4, 0.5) is 22.0 Å². The van der Waals surface area contributed by atoms with E-state index in [1.165, 1.54) is 55.3 Å². The monoisotopic (exact) mass is 1200 g/mol. The third kappa shape index (κ3) is 21.8. The summed E-state index contributed by atoms with van der Waals surface area (Å²) in [4.78, 5) is 121. The number of nitro groups is 2. The Bertz CT molecular complexity index is 3000. The smallest absolute Gasteiger partial charge is 0.458 e. The average molecular weight is 1200 g/mol. The highest BCUT2D eigenvalue weighted by Gasteiger charge is 2.43. The lowest BCUT2D eigenvalue weighted by Gasteiger charge is -2.19. The van der Waals surface area contributed by atoms with Crippen molar-refractivity contribution in [2.24, 2.45) is 0 Å². The van der Waals surface area contributed by atoms with E-state index in [-0.39, 0.29) is 78.2 Å². The van der Waals surface area contributed by atoms with E-state index >= 15 is 0 Å². The molecule has 0 aliphatic carbocycles. The van der Waals surface area contributed by atoms with Crippen molar-refractivity contribution < 1.29 is 94.8 Å². The van der Waals surface area contributed by atoms with E-state index in [1.54, 1.807) is 19.1 Å². The molecule has 3 amide bonds. The second-order valence-corrected chi connectivity index (χ2v) is 22.7. The Hall–Kier alpha value is -6.44. The zero-order chi connectivity index (χ0) is 59.5. The number of amides is 3. The molecule has 0 spiro atoms. The molecule has 2 aromatic carbocycles. The molecule has 7 unspecified atom stereocenters. The first-order valence-electron chi connectivity index (χ1n) is 25.1. The number of anilines is 1. The Balaban J connectivity index is 0.934. The first kappa shape index (κ1) is 65.4. The Morgan fingerprint density at radius 3 is 2.00 bits per heavy atom. The van der Waals surface area contributed by atoms with Gasteiger partial charge in [-0.15, -0.1) is 0 Å². The van der Waals surface area contributed by atoms with Gasteiger partial charge in [0.1, 0.15) is 30.9 Å². The summed E-state index contributed by atoms with van der Waals surface area (Å²) in [6.07, 6.45) is 1.14. The minimum atomic E-state index is -5.75. The van der Waals surface area contributed by atoms with E-state index in [0.717, 1.165) is 18.4 Å². The number of carbonyl (C=O) groups excluding carboxylic acids is 4. The van der Waals surface area contributed by atoms with Gasteiger partial charge >= 0.3 is 35.5 Å². The van der Waals surface area contributed by atoms with Crippen LogP contribution in [0.25, 0.3) is 11.2 Å². The first-order chi connectivity index (χ1) is 38.2. The highest BCUT2D eigenvalue weighted by Crippen LogP contribution is 2.66. The van der Waals surface area contributed by atoms with Crippen molar-refractivity contribution in [3.63, 3.8) is 0 Å². The molecule has 81 heavy (non-hydrogen) atoms. The van der Waals surface area contributed by atoms with Gasteiger partial charge in [-0.2, -0.15) is 8.62 Å². The summed E-state index contributed by atoms with van der Waals surface area (Å²) in [5.74, 6) is -0.943. The number of phosphoric acid groups is 3. The van der Waals surface area contributed by atoms with E-state index in [4.69, 9.17) is 24.0 Å². The fourth-order valence-electron chi connectivity index (χ4n) is 8.17. The van der Waals surface area contributed by atoms with Crippen LogP contribution in [0.5, 0.6) is 0 Å². The number of alkyl carbamates (subject to hydrolysis) is 1. The third-order valence-electron chi connectivity index (χ3n) is 12.0. The zero-order valence-electron chi connectivity index (χ0n) is 44.0. The van der Waals surface area contributed by atoms with Crippen LogP contribution in [-0.2, 0) is 68.5 Å². The molecule has 1 fully saturated rings. The van der Waals surface area contributed by atoms with Crippen LogP contribution < -0.4 is 26.6 Å². The molecule has 5 rings (SSSR count). The zero-order valence-corrected chi connectivity index (χ0v) is 46.7. The fourth-order valence-corrected chi connectivity index (χ4v) is 11.2. The molecule has 3 heterocycles. The minimum Gasteiger partial charge on any atom is -0.458 e. The number of phosphoric ester groups is 1. The number of esters is 1. The lowest BCUT2D eigenvalue weighted by molar-refractivity contribution is -0.386. The van der Waals surface area contributed by atoms with Crippen molar-refractivity contribution in [2.75, 3.05) is 38.1 Å². The summed E-state index contributed by atoms with van der Waals surface area (Å²) < 4.78 is 64.3. The van der Waals surface area contributed by atoms with Crippen LogP contribution in [0.2, 0.25) is 0 Å². The molecule has 1 saturated heterocycles. The molecule has 0 radical (unpaired) electrons. The Kier molecular flexibility index (Phi) is 24.7. The van der Waals surface area contributed by atoms with Gasteiger partial charge in [0.15, 0.2) is 17.0 Å². The van der Waals surface area contributed by atoms with Gasteiger partial charge in [0, 0.05) is 58.1 Å². The molecule has 7 atom stereocenters. The van der Waals surface area contributed by atoms with E-state index in [0.29, 0.717) is 62.9 Å². The number of nitrogens with one attached hydrogen (secondary N) is 5. The largest absolute Gasteiger partial charge is 0.490 e. The highest BCUT2D eigenvalue weighted by atomic mass is 31.3. The number of imidazole rings is 1. The Labute approximate surface area is 462 Å². The molecular weight excluding hydrogens is 1140 g/mol. The van der Waals surface area contributed by atoms with Gasteiger partial charge < -0.3 is 65.5 Å². The van der Waals surface area contributed by atoms with Crippen LogP contribution >= 0.6 is 23.5 Å². The van der Waals surface area contributed by atoms with E-state index in [9.17, 15) is 68.0 Å². The molecule has 4 aromatic rings. The lowest BCUT2D eigenvalue weighted by atomic mass is 10.0. The summed E-state index contributed by atoms with van der Waals surface area (Å²) in [5, 5.41) is 48.2. The number of aliphatic hydroxyl groups is 1. The number of hydrogen-bond acceptors (Lipinski definition) is 23. The number of aliphatic hydroxyl groups excluding tert-OH is 1. The van der Waals surface area contributed by atoms with Crippen LogP contribution in [-0.4, -0.2) is 123 Å². The molecule has 10 N–H and O–H groups in total. The van der Waals surface area contributed by atoms with Gasteiger partial charge in [-0.1, -0.05) is 31.4 Å². The predicted octanol–water partition coefficient (Wildman–Crippen LogP) is 4.80. The fraction of sp³-hybridized carbons (Fsp3) is 0.533. The Morgan fingerprint density at radius 2 is 1.37 bits per heavy atom. The number of unbranched alkanes of at least 4 members (excludes halogenated alkanes) is 5. The van der Waals surface area contributed by atoms with Crippen molar-refractivity contribution in [2.45, 2.75) is 122 Å². The minimum absolute atomic E-state index is 0.0865. The SMILES string of the molecule is CC(=O)OC(C)c1cc(CNCCCCCC(=O)NCc2ccc([N+](=O)[O-])c(C(C)OC(=O)NCCCCCCNC(=O)CNc3ncnc4c3ncn4C3CC(O)C(COP(=O)(O)OP(=O)(O)OP(=O)(O)O)O3)c2)ccc1[N+](=O)[O-].